The number of anilines is 1. The molecule has 4 aliphatic carbocycles. The number of nitrogens with zero attached hydrogens (tertiary/aromatic N) is 1. The maximum atomic E-state index is 13.4. The fraction of sp³-hybridized carbons (Fsp3) is 0.414. The first kappa shape index (κ1) is 24.5. The molecular weight excluding hydrogens is 583 g/mol. The van der Waals surface area contributed by atoms with Crippen molar-refractivity contribution in [2.24, 2.45) is 17.8 Å². The van der Waals surface area contributed by atoms with Gasteiger partial charge in [0.1, 0.15) is 5.57 Å². The normalized spacial score (nSPS) is 29.6. The zero-order valence-corrected chi connectivity index (χ0v) is 23.0. The molecular formula is C29H29IN2O5. The molecule has 4 bridgehead atoms. The van der Waals surface area contributed by atoms with Gasteiger partial charge in [-0.25, -0.2) is 9.69 Å². The third-order valence-corrected chi connectivity index (χ3v) is 9.45. The van der Waals surface area contributed by atoms with Crippen LogP contribution in [0.15, 0.2) is 42.0 Å². The van der Waals surface area contributed by atoms with Crippen LogP contribution in [0.4, 0.5) is 10.5 Å². The minimum atomic E-state index is -0.739. The summed E-state index contributed by atoms with van der Waals surface area (Å²) in [4.78, 5) is 39.9. The Bertz CT molecular complexity index is 1300. The summed E-state index contributed by atoms with van der Waals surface area (Å²) in [5, 5.41) is 2.32. The third-order valence-electron chi connectivity index (χ3n) is 8.64. The lowest BCUT2D eigenvalue weighted by atomic mass is 9.48. The van der Waals surface area contributed by atoms with Crippen LogP contribution in [0.25, 0.3) is 6.08 Å². The Morgan fingerprint density at radius 3 is 2.14 bits per heavy atom. The maximum absolute atomic E-state index is 13.4. The number of hydrogen-bond donors (Lipinski definition) is 1. The lowest BCUT2D eigenvalue weighted by Crippen LogP contribution is -2.54. The lowest BCUT2D eigenvalue weighted by Gasteiger charge is -2.57. The minimum absolute atomic E-state index is 0.118. The summed E-state index contributed by atoms with van der Waals surface area (Å²) < 4.78 is 11.5. The quantitative estimate of drug-likeness (QED) is 0.276. The number of carbonyl (C=O) groups excluding carboxylic acids is 3. The fourth-order valence-electron chi connectivity index (χ4n) is 7.51. The summed E-state index contributed by atoms with van der Waals surface area (Å²) >= 11 is 2.11. The molecule has 0 unspecified atom stereocenters. The van der Waals surface area contributed by atoms with Crippen molar-refractivity contribution >= 4 is 52.2 Å². The van der Waals surface area contributed by atoms with E-state index in [1.54, 1.807) is 19.2 Å². The molecule has 0 radical (unpaired) electrons. The molecule has 8 heteroatoms. The standard InChI is InChI=1S/C29H29IN2O5/c1-36-24-12-16(11-23(30)25(24)37-2)10-22-26(33)31-28(35)32(27(22)34)21-5-3-20(4-6-21)29-13-17-7-18(14-29)9-19(8-17)15-29/h3-6,10-12,17-19H,7-9,13-15H2,1-2H3,(H,31,33,35). The lowest BCUT2D eigenvalue weighted by molar-refractivity contribution is -0.122. The van der Waals surface area contributed by atoms with Crippen LogP contribution in [0.3, 0.4) is 0 Å². The first-order chi connectivity index (χ1) is 17.8. The van der Waals surface area contributed by atoms with E-state index in [0.717, 1.165) is 26.2 Å². The van der Waals surface area contributed by atoms with Gasteiger partial charge in [0.2, 0.25) is 0 Å². The van der Waals surface area contributed by atoms with Gasteiger partial charge < -0.3 is 9.47 Å². The Morgan fingerprint density at radius 2 is 1.57 bits per heavy atom. The van der Waals surface area contributed by atoms with Crippen LogP contribution in [0.1, 0.15) is 49.7 Å². The Balaban J connectivity index is 1.30. The predicted molar refractivity (Wildman–Crippen MR) is 148 cm³/mol. The van der Waals surface area contributed by atoms with Gasteiger partial charge in [0.15, 0.2) is 11.5 Å². The van der Waals surface area contributed by atoms with E-state index in [-0.39, 0.29) is 11.0 Å². The number of halogens is 1. The van der Waals surface area contributed by atoms with E-state index in [1.807, 2.05) is 12.1 Å². The van der Waals surface area contributed by atoms with Crippen molar-refractivity contribution in [1.82, 2.24) is 5.32 Å². The minimum Gasteiger partial charge on any atom is -0.493 e. The number of ether oxygens (including phenoxy) is 2. The number of nitrogens with one attached hydrogen (secondary N) is 1. The molecule has 4 amide bonds. The smallest absolute Gasteiger partial charge is 0.335 e. The van der Waals surface area contributed by atoms with Gasteiger partial charge in [0.05, 0.1) is 23.5 Å². The highest BCUT2D eigenvalue weighted by Crippen LogP contribution is 2.60. The van der Waals surface area contributed by atoms with E-state index in [2.05, 4.69) is 40.0 Å². The first-order valence-corrected chi connectivity index (χ1v) is 13.8. The highest BCUT2D eigenvalue weighted by molar-refractivity contribution is 14.1. The molecule has 1 N–H and O–H groups in total. The number of benzene rings is 2. The van der Waals surface area contributed by atoms with Crippen molar-refractivity contribution in [3.63, 3.8) is 0 Å². The summed E-state index contributed by atoms with van der Waals surface area (Å²) in [6.07, 6.45) is 9.34. The van der Waals surface area contributed by atoms with E-state index in [4.69, 9.17) is 9.47 Å². The number of rotatable bonds is 5. The van der Waals surface area contributed by atoms with Crippen LogP contribution in [-0.4, -0.2) is 32.1 Å². The Labute approximate surface area is 229 Å². The highest BCUT2D eigenvalue weighted by Gasteiger charge is 2.51. The summed E-state index contributed by atoms with van der Waals surface area (Å²) in [7, 11) is 3.07. The van der Waals surface area contributed by atoms with Crippen molar-refractivity contribution in [2.45, 2.75) is 43.9 Å². The van der Waals surface area contributed by atoms with E-state index in [9.17, 15) is 14.4 Å². The number of amides is 4. The number of imide groups is 2. The zero-order valence-electron chi connectivity index (χ0n) is 20.9. The molecule has 1 heterocycles. The molecule has 5 fully saturated rings. The van der Waals surface area contributed by atoms with Gasteiger partial charge in [-0.05, 0) is 126 Å². The molecule has 0 spiro atoms. The first-order valence-electron chi connectivity index (χ1n) is 12.7. The van der Waals surface area contributed by atoms with Gasteiger partial charge in [-0.15, -0.1) is 0 Å². The van der Waals surface area contributed by atoms with E-state index in [1.165, 1.54) is 57.3 Å². The van der Waals surface area contributed by atoms with Gasteiger partial charge in [0, 0.05) is 0 Å². The number of carbonyl (C=O) groups is 3. The fourth-order valence-corrected chi connectivity index (χ4v) is 8.35. The van der Waals surface area contributed by atoms with Crippen LogP contribution < -0.4 is 19.7 Å². The van der Waals surface area contributed by atoms with Gasteiger partial charge in [-0.2, -0.15) is 0 Å². The number of hydrogen-bond acceptors (Lipinski definition) is 5. The van der Waals surface area contributed by atoms with Crippen LogP contribution in [-0.2, 0) is 15.0 Å². The molecule has 7 nitrogen and oxygen atoms in total. The van der Waals surface area contributed by atoms with Crippen molar-refractivity contribution in [2.75, 3.05) is 19.1 Å². The van der Waals surface area contributed by atoms with Crippen molar-refractivity contribution < 1.29 is 23.9 Å². The highest BCUT2D eigenvalue weighted by atomic mass is 127. The van der Waals surface area contributed by atoms with E-state index >= 15 is 0 Å². The molecule has 7 rings (SSSR count). The molecule has 2 aromatic carbocycles. The molecule has 2 aromatic rings. The van der Waals surface area contributed by atoms with Gasteiger partial charge >= 0.3 is 6.03 Å². The summed E-state index contributed by atoms with van der Waals surface area (Å²) in [5.41, 5.74) is 2.47. The SMILES string of the molecule is COc1cc(C=C2C(=O)NC(=O)N(c3ccc(C45CC6CC(CC(C6)C4)C5)cc3)C2=O)cc(I)c1OC. The third kappa shape index (κ3) is 4.13. The van der Waals surface area contributed by atoms with Gasteiger partial charge in [0.25, 0.3) is 11.8 Å². The number of methoxy groups -OCH3 is 2. The van der Waals surface area contributed by atoms with Crippen LogP contribution in [0, 0.1) is 21.3 Å². The summed E-state index contributed by atoms with van der Waals surface area (Å²) in [6.45, 7) is 0. The molecule has 192 valence electrons. The second kappa shape index (κ2) is 9.15. The van der Waals surface area contributed by atoms with E-state index in [0.29, 0.717) is 22.7 Å². The maximum Gasteiger partial charge on any atom is 0.335 e. The second-order valence-corrected chi connectivity index (χ2v) is 12.1. The average molecular weight is 612 g/mol. The summed E-state index contributed by atoms with van der Waals surface area (Å²) in [6, 6.07) is 10.6. The van der Waals surface area contributed by atoms with E-state index < -0.39 is 17.8 Å². The predicted octanol–water partition coefficient (Wildman–Crippen LogP) is 5.44. The molecule has 4 saturated carbocycles. The molecule has 0 atom stereocenters. The van der Waals surface area contributed by atoms with Gasteiger partial charge in [-0.1, -0.05) is 12.1 Å². The Morgan fingerprint density at radius 1 is 0.946 bits per heavy atom. The molecule has 1 aliphatic heterocycles. The van der Waals surface area contributed by atoms with Crippen LogP contribution in [0.2, 0.25) is 0 Å². The monoisotopic (exact) mass is 612 g/mol. The molecule has 0 aromatic heterocycles. The molecule has 5 aliphatic rings. The largest absolute Gasteiger partial charge is 0.493 e. The van der Waals surface area contributed by atoms with Crippen molar-refractivity contribution in [3.05, 3.63) is 56.7 Å². The topological polar surface area (TPSA) is 84.9 Å². The Kier molecular flexibility index (Phi) is 6.05. The van der Waals surface area contributed by atoms with Gasteiger partial charge in [-0.3, -0.25) is 14.9 Å². The van der Waals surface area contributed by atoms with Crippen molar-refractivity contribution in [3.8, 4) is 11.5 Å². The Hall–Kier alpha value is -2.88. The summed E-state index contributed by atoms with van der Waals surface area (Å²) in [5.74, 6) is 2.18. The van der Waals surface area contributed by atoms with Crippen LogP contribution >= 0.6 is 22.6 Å². The van der Waals surface area contributed by atoms with Crippen LogP contribution in [0.5, 0.6) is 11.5 Å². The number of urea groups is 1. The molecule has 37 heavy (non-hydrogen) atoms. The average Bonchev–Trinajstić information content (AvgIpc) is 2.85. The zero-order chi connectivity index (χ0) is 25.9. The molecule has 1 saturated heterocycles. The van der Waals surface area contributed by atoms with Crippen molar-refractivity contribution in [1.29, 1.82) is 0 Å². The second-order valence-electron chi connectivity index (χ2n) is 10.9. The number of barbiturate groups is 1.